The molecule has 0 atom stereocenters. The summed E-state index contributed by atoms with van der Waals surface area (Å²) in [6.07, 6.45) is 8.59. The molecule has 5 rings (SSSR count). The Hall–Kier alpha value is -3.56. The van der Waals surface area contributed by atoms with Gasteiger partial charge >= 0.3 is 0 Å². The van der Waals surface area contributed by atoms with E-state index in [1.54, 1.807) is 0 Å². The van der Waals surface area contributed by atoms with Crippen LogP contribution in [0.3, 0.4) is 0 Å². The lowest BCUT2D eigenvalue weighted by molar-refractivity contribution is 0.481. The molecule has 3 aromatic heterocycles. The van der Waals surface area contributed by atoms with Gasteiger partial charge in [0.2, 0.25) is 0 Å². The lowest BCUT2D eigenvalue weighted by Gasteiger charge is -2.25. The Bertz CT molecular complexity index is 1610. The van der Waals surface area contributed by atoms with Crippen LogP contribution in [0.5, 0.6) is 0 Å². The average molecular weight is 543 g/mol. The maximum absolute atomic E-state index is 5.26. The molecule has 2 aliphatic rings. The molecular weight excluding hydrogens is 496 g/mol. The lowest BCUT2D eigenvalue weighted by atomic mass is 10.2. The Morgan fingerprint density at radius 3 is 0.900 bits per heavy atom. The molecule has 40 heavy (non-hydrogen) atoms. The molecule has 8 heteroatoms. The van der Waals surface area contributed by atoms with E-state index in [9.17, 15) is 0 Å². The van der Waals surface area contributed by atoms with Crippen LogP contribution in [0.4, 0.5) is 22.7 Å². The van der Waals surface area contributed by atoms with Gasteiger partial charge in [-0.15, -0.1) is 0 Å². The summed E-state index contributed by atoms with van der Waals surface area (Å²) in [5, 5.41) is 0. The van der Waals surface area contributed by atoms with Gasteiger partial charge in [-0.1, -0.05) is 0 Å². The van der Waals surface area contributed by atoms with Crippen molar-refractivity contribution in [1.82, 2.24) is 37.9 Å². The summed E-state index contributed by atoms with van der Waals surface area (Å²) in [4.78, 5) is 18.1. The highest BCUT2D eigenvalue weighted by atomic mass is 15.3. The minimum absolute atomic E-state index is 0.605. The van der Waals surface area contributed by atoms with Crippen LogP contribution < -0.4 is 17.9 Å². The highest BCUT2D eigenvalue weighted by molar-refractivity contribution is 5.95. The number of aromatic nitrogens is 4. The zero-order valence-electron chi connectivity index (χ0n) is 26.3. The smallest absolute Gasteiger partial charge is 0.184 e. The molecule has 0 saturated carbocycles. The van der Waals surface area contributed by atoms with Crippen molar-refractivity contribution in [3.63, 3.8) is 0 Å². The lowest BCUT2D eigenvalue weighted by Crippen LogP contribution is -2.36. The van der Waals surface area contributed by atoms with Crippen LogP contribution >= 0.6 is 0 Å². The van der Waals surface area contributed by atoms with Crippen molar-refractivity contribution in [1.29, 1.82) is 0 Å². The summed E-state index contributed by atoms with van der Waals surface area (Å²) in [5.74, 6) is 0. The third-order valence-corrected chi connectivity index (χ3v) is 7.33. The van der Waals surface area contributed by atoms with E-state index in [-0.39, 0.29) is 0 Å². The molecule has 0 aliphatic carbocycles. The molecule has 0 spiro atoms. The van der Waals surface area contributed by atoms with E-state index in [0.717, 1.165) is 61.9 Å². The Morgan fingerprint density at radius 2 is 0.625 bits per heavy atom. The van der Waals surface area contributed by atoms with Crippen LogP contribution in [0.25, 0.3) is 46.4 Å². The van der Waals surface area contributed by atoms with Gasteiger partial charge in [-0.25, -0.2) is 9.97 Å². The topological polar surface area (TPSA) is 57.4 Å². The molecule has 0 amide bonds. The standard InChI is InChI=1S/C32H46N8/c1-37(2,3)29-21-13-15-23(33-21)30(38(4,5)6)25-17-19-27(35-25)32(40(10,11)12)28-20-18-26(36-28)31(39(7,8)9)24-16-14-22(29)34-24/h13-20,33-34H,1-12H3/q+4. The number of hydrogen-bond acceptors (Lipinski definition) is 2. The second-order valence-corrected chi connectivity index (χ2v) is 14.4. The van der Waals surface area contributed by atoms with Crippen molar-refractivity contribution in [3.8, 4) is 0 Å². The highest BCUT2D eigenvalue weighted by Crippen LogP contribution is 2.38. The van der Waals surface area contributed by atoms with Crippen LogP contribution in [0, 0.1) is 0 Å². The monoisotopic (exact) mass is 542 g/mol. The Kier molecular flexibility index (Phi) is 6.28. The van der Waals surface area contributed by atoms with Crippen LogP contribution in [0.2, 0.25) is 0 Å². The Labute approximate surface area is 238 Å². The predicted octanol–water partition coefficient (Wildman–Crippen LogP) is 5.44. The van der Waals surface area contributed by atoms with Gasteiger partial charge in [0.15, 0.2) is 22.7 Å². The number of fused-ring (bicyclic) bond motifs is 8. The summed E-state index contributed by atoms with van der Waals surface area (Å²) in [6, 6.07) is 8.79. The third kappa shape index (κ3) is 4.92. The van der Waals surface area contributed by atoms with Crippen molar-refractivity contribution in [3.05, 3.63) is 47.0 Å². The molecule has 8 bridgehead atoms. The second kappa shape index (κ2) is 8.97. The fourth-order valence-corrected chi connectivity index (χ4v) is 5.97. The van der Waals surface area contributed by atoms with Crippen LogP contribution in [-0.2, 0) is 0 Å². The van der Waals surface area contributed by atoms with Gasteiger partial charge in [-0.2, -0.15) is 0 Å². The molecule has 3 aromatic rings. The summed E-state index contributed by atoms with van der Waals surface area (Å²) in [7, 11) is 26.4. The van der Waals surface area contributed by atoms with Crippen molar-refractivity contribution < 1.29 is 0 Å². The minimum atomic E-state index is 0.605. The third-order valence-electron chi connectivity index (χ3n) is 7.33. The molecular formula is C32H46N8+4. The maximum atomic E-state index is 5.26. The van der Waals surface area contributed by atoms with Crippen LogP contribution in [-0.4, -0.2) is 105 Å². The Morgan fingerprint density at radius 1 is 0.375 bits per heavy atom. The minimum Gasteiger partial charge on any atom is -0.346 e. The molecule has 8 nitrogen and oxygen atoms in total. The SMILES string of the molecule is C[N+](C)(C)c1c2nc(c([N+](C)(C)C)c3ccc([nH]3)c([N+](C)(C)C)c3ccc([nH]3)c([N+](C)(C)C)c3nc1C=C3)C=C2. The molecule has 0 saturated heterocycles. The van der Waals surface area contributed by atoms with E-state index in [4.69, 9.17) is 9.97 Å². The normalized spacial score (nSPS) is 14.3. The zero-order chi connectivity index (χ0) is 29.4. The van der Waals surface area contributed by atoms with E-state index in [1.165, 1.54) is 5.69 Å². The van der Waals surface area contributed by atoms with Gasteiger partial charge in [0, 0.05) is 0 Å². The van der Waals surface area contributed by atoms with Gasteiger partial charge in [0.25, 0.3) is 0 Å². The molecule has 0 radical (unpaired) electrons. The van der Waals surface area contributed by atoms with E-state index in [2.05, 4.69) is 143 Å². The van der Waals surface area contributed by atoms with Gasteiger partial charge in [0.05, 0.1) is 84.6 Å². The van der Waals surface area contributed by atoms with Crippen molar-refractivity contribution in [2.45, 2.75) is 0 Å². The zero-order valence-corrected chi connectivity index (χ0v) is 26.3. The van der Waals surface area contributed by atoms with Crippen molar-refractivity contribution in [2.75, 3.05) is 84.6 Å². The van der Waals surface area contributed by atoms with E-state index >= 15 is 0 Å². The number of nitrogens with zero attached hydrogens (tertiary/aromatic N) is 6. The predicted molar refractivity (Wildman–Crippen MR) is 177 cm³/mol. The molecule has 0 unspecified atom stereocenters. The van der Waals surface area contributed by atoms with Gasteiger partial charge in [-0.3, -0.25) is 17.9 Å². The summed E-state index contributed by atoms with van der Waals surface area (Å²) < 4.78 is 2.51. The van der Waals surface area contributed by atoms with Gasteiger partial charge in [0.1, 0.15) is 44.8 Å². The second-order valence-electron chi connectivity index (χ2n) is 14.4. The maximum Gasteiger partial charge on any atom is 0.184 e. The first-order chi connectivity index (χ1) is 18.4. The largest absolute Gasteiger partial charge is 0.346 e. The summed E-state index contributed by atoms with van der Waals surface area (Å²) >= 11 is 0. The van der Waals surface area contributed by atoms with Crippen LogP contribution in [0.1, 0.15) is 22.8 Å². The first kappa shape index (κ1) is 28.0. The molecule has 0 fully saturated rings. The van der Waals surface area contributed by atoms with E-state index in [0.29, 0.717) is 17.9 Å². The average Bonchev–Trinajstić information content (AvgIpc) is 3.55. The van der Waals surface area contributed by atoms with Crippen molar-refractivity contribution >= 4 is 69.1 Å². The number of nitrogens with one attached hydrogen (secondary N) is 2. The summed E-state index contributed by atoms with van der Waals surface area (Å²) in [6.45, 7) is 0. The number of quaternary nitrogens is 4. The van der Waals surface area contributed by atoms with Gasteiger partial charge < -0.3 is 9.97 Å². The highest BCUT2D eigenvalue weighted by Gasteiger charge is 2.30. The van der Waals surface area contributed by atoms with Crippen molar-refractivity contribution in [2.24, 2.45) is 0 Å². The number of rotatable bonds is 4. The first-order valence-corrected chi connectivity index (χ1v) is 13.8. The molecule has 2 N–H and O–H groups in total. The Balaban J connectivity index is 2.09. The number of aromatic amines is 2. The molecule has 210 valence electrons. The summed E-state index contributed by atoms with van der Waals surface area (Å²) in [5.41, 5.74) is 12.7. The number of hydrogen-bond donors (Lipinski definition) is 2. The molecule has 5 heterocycles. The molecule has 0 aromatic carbocycles. The van der Waals surface area contributed by atoms with E-state index < -0.39 is 0 Å². The molecule has 2 aliphatic heterocycles. The fourth-order valence-electron chi connectivity index (χ4n) is 5.97. The number of H-pyrrole nitrogens is 2. The van der Waals surface area contributed by atoms with Gasteiger partial charge in [-0.05, 0) is 48.6 Å². The fraction of sp³-hybridized carbons (Fsp3) is 0.375. The van der Waals surface area contributed by atoms with E-state index in [1.807, 2.05) is 0 Å². The van der Waals surface area contributed by atoms with Crippen LogP contribution in [0.15, 0.2) is 24.3 Å². The first-order valence-electron chi connectivity index (χ1n) is 13.8. The quantitative estimate of drug-likeness (QED) is 0.297.